The number of likely N-dealkylation sites (tertiary alicyclic amines) is 2. The van der Waals surface area contributed by atoms with Crippen molar-refractivity contribution in [3.8, 4) is 11.5 Å². The third-order valence-electron chi connectivity index (χ3n) is 9.75. The number of piperidine rings is 2. The molecular formula is C36H41F2N3O8. The van der Waals surface area contributed by atoms with Crippen molar-refractivity contribution in [3.05, 3.63) is 59.2 Å². The summed E-state index contributed by atoms with van der Waals surface area (Å²) in [6.07, 6.45) is 0.947. The lowest BCUT2D eigenvalue weighted by atomic mass is 9.82. The van der Waals surface area contributed by atoms with E-state index in [0.29, 0.717) is 50.3 Å². The van der Waals surface area contributed by atoms with E-state index in [1.807, 2.05) is 0 Å². The quantitative estimate of drug-likeness (QED) is 0.467. The molecule has 0 saturated carbocycles. The van der Waals surface area contributed by atoms with E-state index in [9.17, 15) is 32.8 Å². The number of rotatable bonds is 5. The average Bonchev–Trinajstić information content (AvgIpc) is 3.03. The first-order valence-corrected chi connectivity index (χ1v) is 16.7. The molecule has 1 N–H and O–H groups in total. The summed E-state index contributed by atoms with van der Waals surface area (Å²) < 4.78 is 45.2. The molecule has 0 bridgehead atoms. The number of amides is 3. The number of nitrogens with one attached hydrogen (secondary N) is 1. The molecule has 2 aromatic carbocycles. The van der Waals surface area contributed by atoms with E-state index in [1.165, 1.54) is 36.4 Å². The Bertz CT molecular complexity index is 1670. The summed E-state index contributed by atoms with van der Waals surface area (Å²) in [7, 11) is 0. The Kier molecular flexibility index (Phi) is 9.14. The average molecular weight is 682 g/mol. The Morgan fingerprint density at radius 1 is 0.816 bits per heavy atom. The summed E-state index contributed by atoms with van der Waals surface area (Å²) in [5.74, 6) is -1.34. The van der Waals surface area contributed by atoms with Crippen molar-refractivity contribution < 1.29 is 47.0 Å². The van der Waals surface area contributed by atoms with E-state index in [0.717, 1.165) is 0 Å². The van der Waals surface area contributed by atoms with Crippen LogP contribution in [-0.4, -0.2) is 88.3 Å². The lowest BCUT2D eigenvalue weighted by Gasteiger charge is -2.44. The number of nitrogens with zero attached hydrogens (tertiary/aromatic N) is 2. The molecule has 2 saturated heterocycles. The standard InChI is InChI=1S/C36H41F2N3O8/c1-34(2,3)49-33(46)39-26(32(45)41-16-12-36(13-17-41)21-28(43)25-19-23(38)5-8-30(25)48-36)6-9-31(44)40-14-10-35(11-15-40)20-27(42)24-18-22(37)4-7-29(24)47-35/h4-5,7-8,18-19,26H,6,9-17,20-21H2,1-3H3,(H,39,46). The van der Waals surface area contributed by atoms with Gasteiger partial charge in [0.1, 0.15) is 46.0 Å². The third kappa shape index (κ3) is 7.55. The van der Waals surface area contributed by atoms with Crippen LogP contribution in [0.25, 0.3) is 0 Å². The Morgan fingerprint density at radius 3 is 1.76 bits per heavy atom. The molecule has 49 heavy (non-hydrogen) atoms. The summed E-state index contributed by atoms with van der Waals surface area (Å²) >= 11 is 0. The van der Waals surface area contributed by atoms with Crippen molar-refractivity contribution >= 4 is 29.5 Å². The molecule has 262 valence electrons. The zero-order valence-corrected chi connectivity index (χ0v) is 27.9. The molecular weight excluding hydrogens is 640 g/mol. The molecule has 4 aliphatic rings. The first-order chi connectivity index (χ1) is 23.1. The van der Waals surface area contributed by atoms with Crippen molar-refractivity contribution in [1.82, 2.24) is 15.1 Å². The van der Waals surface area contributed by atoms with E-state index in [4.69, 9.17) is 14.2 Å². The van der Waals surface area contributed by atoms with E-state index in [1.54, 1.807) is 30.6 Å². The van der Waals surface area contributed by atoms with Crippen LogP contribution in [0.2, 0.25) is 0 Å². The second-order valence-corrected chi connectivity index (χ2v) is 14.5. The maximum atomic E-state index is 13.8. The Hall–Kier alpha value is -4.55. The predicted octanol–water partition coefficient (Wildman–Crippen LogP) is 4.99. The molecule has 11 nitrogen and oxygen atoms in total. The second-order valence-electron chi connectivity index (χ2n) is 14.5. The summed E-state index contributed by atoms with van der Waals surface area (Å²) in [5.41, 5.74) is -1.97. The topological polar surface area (TPSA) is 132 Å². The van der Waals surface area contributed by atoms with Crippen molar-refractivity contribution in [3.63, 3.8) is 0 Å². The van der Waals surface area contributed by atoms with Crippen LogP contribution in [0.1, 0.15) is 92.9 Å². The third-order valence-corrected chi connectivity index (χ3v) is 9.75. The van der Waals surface area contributed by atoms with Gasteiger partial charge in [0.15, 0.2) is 11.6 Å². The van der Waals surface area contributed by atoms with Crippen molar-refractivity contribution in [1.29, 1.82) is 0 Å². The largest absolute Gasteiger partial charge is 0.486 e. The first-order valence-electron chi connectivity index (χ1n) is 16.7. The first kappa shape index (κ1) is 34.3. The molecule has 0 radical (unpaired) electrons. The van der Waals surface area contributed by atoms with Crippen LogP contribution < -0.4 is 14.8 Å². The van der Waals surface area contributed by atoms with Gasteiger partial charge in [-0.05, 0) is 63.6 Å². The van der Waals surface area contributed by atoms with Crippen molar-refractivity contribution in [2.75, 3.05) is 26.2 Å². The van der Waals surface area contributed by atoms with E-state index >= 15 is 0 Å². The minimum atomic E-state index is -1.04. The molecule has 2 spiro atoms. The van der Waals surface area contributed by atoms with Crippen molar-refractivity contribution in [2.24, 2.45) is 0 Å². The smallest absolute Gasteiger partial charge is 0.408 e. The fourth-order valence-corrected chi connectivity index (χ4v) is 7.14. The van der Waals surface area contributed by atoms with Crippen LogP contribution in [0, 0.1) is 11.6 Å². The number of benzene rings is 2. The number of carbonyl (C=O) groups excluding carboxylic acids is 5. The summed E-state index contributed by atoms with van der Waals surface area (Å²) in [6.45, 7) is 6.31. The number of hydrogen-bond donors (Lipinski definition) is 1. The predicted molar refractivity (Wildman–Crippen MR) is 171 cm³/mol. The number of Topliss-reactive ketones (excluding diaryl/α,β-unsaturated/α-hetero) is 2. The van der Waals surface area contributed by atoms with Gasteiger partial charge in [0.25, 0.3) is 0 Å². The van der Waals surface area contributed by atoms with Crippen LogP contribution in [0.15, 0.2) is 36.4 Å². The molecule has 0 aromatic heterocycles. The second kappa shape index (κ2) is 13.1. The Balaban J connectivity index is 1.07. The minimum absolute atomic E-state index is 0.0240. The molecule has 4 aliphatic heterocycles. The number of halogens is 2. The molecule has 3 amide bonds. The molecule has 1 atom stereocenters. The highest BCUT2D eigenvalue weighted by molar-refractivity contribution is 6.01. The van der Waals surface area contributed by atoms with Gasteiger partial charge < -0.3 is 29.3 Å². The summed E-state index contributed by atoms with van der Waals surface area (Å²) in [6, 6.07) is 6.71. The van der Waals surface area contributed by atoms with Gasteiger partial charge in [0, 0.05) is 58.3 Å². The van der Waals surface area contributed by atoms with Crippen LogP contribution in [-0.2, 0) is 14.3 Å². The molecule has 4 heterocycles. The summed E-state index contributed by atoms with van der Waals surface area (Å²) in [4.78, 5) is 68.9. The van der Waals surface area contributed by atoms with Gasteiger partial charge in [-0.1, -0.05) is 0 Å². The highest BCUT2D eigenvalue weighted by Gasteiger charge is 2.46. The number of ether oxygens (including phenoxy) is 3. The van der Waals surface area contributed by atoms with E-state index in [-0.39, 0.29) is 73.3 Å². The fraction of sp³-hybridized carbons (Fsp3) is 0.528. The number of hydrogen-bond acceptors (Lipinski definition) is 8. The maximum Gasteiger partial charge on any atom is 0.408 e. The molecule has 1 unspecified atom stereocenters. The zero-order chi connectivity index (χ0) is 35.1. The number of alkyl carbamates (subject to hydrolysis) is 1. The van der Waals surface area contributed by atoms with E-state index < -0.39 is 40.6 Å². The number of ketones is 2. The lowest BCUT2D eigenvalue weighted by molar-refractivity contribution is -0.138. The SMILES string of the molecule is CC(C)(C)OC(=O)NC(CCC(=O)N1CCC2(CC1)CC(=O)c1cc(F)ccc1O2)C(=O)N1CCC2(CC1)CC(=O)c1cc(F)ccc1O2. The lowest BCUT2D eigenvalue weighted by Crippen LogP contribution is -2.56. The maximum absolute atomic E-state index is 13.8. The van der Waals surface area contributed by atoms with Crippen LogP contribution in [0.3, 0.4) is 0 Å². The molecule has 2 aromatic rings. The van der Waals surface area contributed by atoms with Gasteiger partial charge in [-0.15, -0.1) is 0 Å². The number of carbonyl (C=O) groups is 5. The highest BCUT2D eigenvalue weighted by Crippen LogP contribution is 2.41. The monoisotopic (exact) mass is 681 g/mol. The Morgan fingerprint density at radius 2 is 1.29 bits per heavy atom. The molecule has 6 rings (SSSR count). The van der Waals surface area contributed by atoms with Gasteiger partial charge in [-0.3, -0.25) is 19.2 Å². The normalized spacial score (nSPS) is 20.1. The zero-order valence-electron chi connectivity index (χ0n) is 27.9. The van der Waals surface area contributed by atoms with Crippen LogP contribution in [0.5, 0.6) is 11.5 Å². The molecule has 13 heteroatoms. The van der Waals surface area contributed by atoms with Crippen molar-refractivity contribution in [2.45, 2.75) is 95.0 Å². The Labute approximate surface area is 283 Å². The van der Waals surface area contributed by atoms with E-state index in [2.05, 4.69) is 5.32 Å². The minimum Gasteiger partial charge on any atom is -0.486 e. The van der Waals surface area contributed by atoms with Crippen LogP contribution in [0.4, 0.5) is 13.6 Å². The number of fused-ring (bicyclic) bond motifs is 2. The molecule has 2 fully saturated rings. The van der Waals surface area contributed by atoms with Gasteiger partial charge in [0.2, 0.25) is 11.8 Å². The highest BCUT2D eigenvalue weighted by atomic mass is 19.1. The van der Waals surface area contributed by atoms with Crippen LogP contribution >= 0.6 is 0 Å². The summed E-state index contributed by atoms with van der Waals surface area (Å²) in [5, 5.41) is 2.66. The van der Waals surface area contributed by atoms with Gasteiger partial charge in [-0.2, -0.15) is 0 Å². The van der Waals surface area contributed by atoms with Gasteiger partial charge >= 0.3 is 6.09 Å². The van der Waals surface area contributed by atoms with Gasteiger partial charge in [0.05, 0.1) is 24.0 Å². The fourth-order valence-electron chi connectivity index (χ4n) is 7.14. The molecule has 0 aliphatic carbocycles. The van der Waals surface area contributed by atoms with Gasteiger partial charge in [-0.25, -0.2) is 13.6 Å².